The molecule has 1 N–H and O–H groups in total. The normalized spacial score (nSPS) is 17.0. The van der Waals surface area contributed by atoms with Crippen LogP contribution in [0.3, 0.4) is 0 Å². The average Bonchev–Trinajstić information content (AvgIpc) is 3.13. The molecule has 118 valence electrons. The molecule has 0 aliphatic carbocycles. The Morgan fingerprint density at radius 2 is 2.17 bits per heavy atom. The second kappa shape index (κ2) is 7.44. The summed E-state index contributed by atoms with van der Waals surface area (Å²) >= 11 is 1.47. The highest BCUT2D eigenvalue weighted by Gasteiger charge is 2.19. The van der Waals surface area contributed by atoms with E-state index in [1.165, 1.54) is 11.8 Å². The molecule has 0 spiro atoms. The molecule has 6 heteroatoms. The Morgan fingerprint density at radius 1 is 1.35 bits per heavy atom. The zero-order valence-corrected chi connectivity index (χ0v) is 13.8. The van der Waals surface area contributed by atoms with Crippen molar-refractivity contribution < 1.29 is 4.74 Å². The molecule has 0 bridgehead atoms. The lowest BCUT2D eigenvalue weighted by atomic mass is 10.1. The van der Waals surface area contributed by atoms with E-state index < -0.39 is 0 Å². The van der Waals surface area contributed by atoms with Gasteiger partial charge in [-0.05, 0) is 19.1 Å². The Kier molecular flexibility index (Phi) is 5.11. The van der Waals surface area contributed by atoms with Crippen LogP contribution >= 0.6 is 11.8 Å². The third-order valence-corrected chi connectivity index (χ3v) is 4.30. The Hall–Kier alpha value is -2.10. The van der Waals surface area contributed by atoms with Crippen LogP contribution in [0, 0.1) is 11.3 Å². The number of nitriles is 1. The fourth-order valence-corrected chi connectivity index (χ4v) is 2.95. The summed E-state index contributed by atoms with van der Waals surface area (Å²) in [5, 5.41) is 13.5. The zero-order valence-electron chi connectivity index (χ0n) is 13.0. The molecule has 0 saturated carbocycles. The summed E-state index contributed by atoms with van der Waals surface area (Å²) in [6.45, 7) is 1.47. The quantitative estimate of drug-likeness (QED) is 0.671. The van der Waals surface area contributed by atoms with Gasteiger partial charge in [-0.25, -0.2) is 9.97 Å². The van der Waals surface area contributed by atoms with Crippen LogP contribution in [0.1, 0.15) is 18.4 Å². The van der Waals surface area contributed by atoms with Crippen LogP contribution in [0.4, 0.5) is 5.82 Å². The largest absolute Gasteiger partial charge is 0.376 e. The van der Waals surface area contributed by atoms with E-state index in [1.54, 1.807) is 0 Å². The number of anilines is 1. The lowest BCUT2D eigenvalue weighted by molar-refractivity contribution is 0.120. The smallest absolute Gasteiger partial charge is 0.189 e. The third kappa shape index (κ3) is 3.63. The van der Waals surface area contributed by atoms with Gasteiger partial charge in [0.2, 0.25) is 0 Å². The van der Waals surface area contributed by atoms with Crippen molar-refractivity contribution in [3.63, 3.8) is 0 Å². The summed E-state index contributed by atoms with van der Waals surface area (Å²) in [6.07, 6.45) is 4.25. The standard InChI is InChI=1S/C17H18N4OS/c1-23-17-20-15(12-6-3-2-4-7-12)14(10-18)16(21-17)19-11-13-8-5-9-22-13/h2-4,6-7,13H,5,8-9,11H2,1H3,(H,19,20,21)/t13-/m0/s1. The topological polar surface area (TPSA) is 70.8 Å². The van der Waals surface area contributed by atoms with Crippen molar-refractivity contribution in [3.8, 4) is 17.3 Å². The van der Waals surface area contributed by atoms with Gasteiger partial charge in [0, 0.05) is 18.7 Å². The molecule has 1 aromatic heterocycles. The highest BCUT2D eigenvalue weighted by atomic mass is 32.2. The van der Waals surface area contributed by atoms with Crippen LogP contribution in [0.25, 0.3) is 11.3 Å². The number of aromatic nitrogens is 2. The summed E-state index contributed by atoms with van der Waals surface area (Å²) < 4.78 is 5.63. The van der Waals surface area contributed by atoms with Gasteiger partial charge in [0.25, 0.3) is 0 Å². The predicted octanol–water partition coefficient (Wildman–Crippen LogP) is 3.33. The lowest BCUT2D eigenvalue weighted by Gasteiger charge is -2.14. The van der Waals surface area contributed by atoms with Crippen molar-refractivity contribution in [2.24, 2.45) is 0 Å². The molecule has 1 saturated heterocycles. The molecule has 2 heterocycles. The van der Waals surface area contributed by atoms with E-state index in [0.29, 0.717) is 28.8 Å². The summed E-state index contributed by atoms with van der Waals surface area (Å²) in [5.41, 5.74) is 2.07. The van der Waals surface area contributed by atoms with Crippen LogP contribution < -0.4 is 5.32 Å². The summed E-state index contributed by atoms with van der Waals surface area (Å²) in [5.74, 6) is 0.584. The van der Waals surface area contributed by atoms with Gasteiger partial charge in [0.1, 0.15) is 17.5 Å². The fraction of sp³-hybridized carbons (Fsp3) is 0.353. The molecule has 23 heavy (non-hydrogen) atoms. The maximum absolute atomic E-state index is 9.61. The van der Waals surface area contributed by atoms with Gasteiger partial charge in [-0.15, -0.1) is 0 Å². The Bertz CT molecular complexity index is 709. The third-order valence-electron chi connectivity index (χ3n) is 3.75. The monoisotopic (exact) mass is 326 g/mol. The van der Waals surface area contributed by atoms with Crippen molar-refractivity contribution in [1.29, 1.82) is 5.26 Å². The molecular formula is C17H18N4OS. The molecule has 1 fully saturated rings. The van der Waals surface area contributed by atoms with Crippen molar-refractivity contribution in [3.05, 3.63) is 35.9 Å². The Morgan fingerprint density at radius 3 is 2.83 bits per heavy atom. The van der Waals surface area contributed by atoms with Gasteiger partial charge in [0.15, 0.2) is 5.16 Å². The number of nitrogens with zero attached hydrogens (tertiary/aromatic N) is 3. The maximum atomic E-state index is 9.61. The first kappa shape index (κ1) is 15.8. The minimum Gasteiger partial charge on any atom is -0.376 e. The first-order chi connectivity index (χ1) is 11.3. The zero-order chi connectivity index (χ0) is 16.1. The van der Waals surface area contributed by atoms with Crippen molar-refractivity contribution in [2.45, 2.75) is 24.1 Å². The number of benzene rings is 1. The lowest BCUT2D eigenvalue weighted by Crippen LogP contribution is -2.20. The number of nitrogens with one attached hydrogen (secondary N) is 1. The van der Waals surface area contributed by atoms with Crippen LogP contribution in [0.2, 0.25) is 0 Å². The van der Waals surface area contributed by atoms with Gasteiger partial charge < -0.3 is 10.1 Å². The minimum absolute atomic E-state index is 0.189. The van der Waals surface area contributed by atoms with E-state index in [4.69, 9.17) is 4.74 Å². The van der Waals surface area contributed by atoms with Gasteiger partial charge in [-0.3, -0.25) is 0 Å². The molecule has 1 aliphatic heterocycles. The summed E-state index contributed by atoms with van der Waals surface area (Å²) in [7, 11) is 0. The van der Waals surface area contributed by atoms with E-state index in [1.807, 2.05) is 36.6 Å². The maximum Gasteiger partial charge on any atom is 0.189 e. The first-order valence-corrected chi connectivity index (χ1v) is 8.81. The molecule has 1 atom stereocenters. The number of hydrogen-bond acceptors (Lipinski definition) is 6. The van der Waals surface area contributed by atoms with Crippen LogP contribution in [-0.4, -0.2) is 35.5 Å². The predicted molar refractivity (Wildman–Crippen MR) is 91.4 cm³/mol. The number of rotatable bonds is 5. The molecule has 5 nitrogen and oxygen atoms in total. The van der Waals surface area contributed by atoms with Crippen molar-refractivity contribution in [2.75, 3.05) is 24.7 Å². The van der Waals surface area contributed by atoms with Crippen LogP contribution in [0.5, 0.6) is 0 Å². The van der Waals surface area contributed by atoms with Gasteiger partial charge in [-0.2, -0.15) is 5.26 Å². The Balaban J connectivity index is 1.95. The summed E-state index contributed by atoms with van der Waals surface area (Å²) in [4.78, 5) is 9.00. The van der Waals surface area contributed by atoms with E-state index in [9.17, 15) is 5.26 Å². The van der Waals surface area contributed by atoms with Crippen molar-refractivity contribution >= 4 is 17.6 Å². The Labute approximate surface area is 140 Å². The highest BCUT2D eigenvalue weighted by molar-refractivity contribution is 7.98. The number of hydrogen-bond donors (Lipinski definition) is 1. The molecule has 1 aliphatic rings. The van der Waals surface area contributed by atoms with E-state index in [-0.39, 0.29) is 6.10 Å². The second-order valence-electron chi connectivity index (χ2n) is 5.28. The first-order valence-electron chi connectivity index (χ1n) is 7.59. The second-order valence-corrected chi connectivity index (χ2v) is 6.05. The van der Waals surface area contributed by atoms with Crippen molar-refractivity contribution in [1.82, 2.24) is 9.97 Å². The number of ether oxygens (including phenoxy) is 1. The van der Waals surface area contributed by atoms with Gasteiger partial charge in [-0.1, -0.05) is 42.1 Å². The van der Waals surface area contributed by atoms with Gasteiger partial charge in [0.05, 0.1) is 11.8 Å². The molecule has 0 unspecified atom stereocenters. The molecule has 0 radical (unpaired) electrons. The highest BCUT2D eigenvalue weighted by Crippen LogP contribution is 2.28. The van der Waals surface area contributed by atoms with Gasteiger partial charge >= 0.3 is 0 Å². The van der Waals surface area contributed by atoms with Crippen LogP contribution in [-0.2, 0) is 4.74 Å². The van der Waals surface area contributed by atoms with E-state index in [0.717, 1.165) is 25.0 Å². The van der Waals surface area contributed by atoms with E-state index in [2.05, 4.69) is 21.4 Å². The minimum atomic E-state index is 0.189. The molecule has 3 rings (SSSR count). The van der Waals surface area contributed by atoms with Crippen LogP contribution in [0.15, 0.2) is 35.5 Å². The fourth-order valence-electron chi connectivity index (χ4n) is 2.59. The number of thioether (sulfide) groups is 1. The SMILES string of the molecule is CSc1nc(NC[C@@H]2CCCO2)c(C#N)c(-c2ccccc2)n1. The van der Waals surface area contributed by atoms with E-state index >= 15 is 0 Å². The average molecular weight is 326 g/mol. The summed E-state index contributed by atoms with van der Waals surface area (Å²) in [6, 6.07) is 12.0. The molecular weight excluding hydrogens is 308 g/mol. The molecule has 2 aromatic rings. The molecule has 0 amide bonds. The molecule has 1 aromatic carbocycles.